The molecule has 0 bridgehead atoms. The van der Waals surface area contributed by atoms with Crippen molar-refractivity contribution >= 4 is 11.9 Å². The molecule has 2 heterocycles. The number of nitrogens with zero attached hydrogens (tertiary/aromatic N) is 4. The van der Waals surface area contributed by atoms with Crippen LogP contribution in [0, 0.1) is 0 Å². The molecule has 0 saturated heterocycles. The number of carboxylic acids is 1. The van der Waals surface area contributed by atoms with Gasteiger partial charge in [0.15, 0.2) is 6.61 Å². The van der Waals surface area contributed by atoms with Crippen LogP contribution < -0.4 is 10.1 Å². The standard InChI is InChI=1S/C17H17N5O3/c1-22-14(7-9-20-22)13-6-8-18-17(21-13)19-10-12-4-2-3-5-15(12)25-11-16(23)24/h2-9H,10-11H2,1H3,(H,23,24)(H,18,19,21). The summed E-state index contributed by atoms with van der Waals surface area (Å²) in [6.45, 7) is 0.0219. The van der Waals surface area contributed by atoms with E-state index < -0.39 is 5.97 Å². The molecule has 0 spiro atoms. The summed E-state index contributed by atoms with van der Waals surface area (Å²) in [6.07, 6.45) is 3.38. The molecule has 2 aromatic heterocycles. The van der Waals surface area contributed by atoms with Crippen LogP contribution in [-0.2, 0) is 18.4 Å². The van der Waals surface area contributed by atoms with E-state index in [9.17, 15) is 4.79 Å². The first kappa shape index (κ1) is 16.4. The number of hydrogen-bond acceptors (Lipinski definition) is 6. The van der Waals surface area contributed by atoms with Crippen LogP contribution in [0.4, 0.5) is 5.95 Å². The van der Waals surface area contributed by atoms with Crippen LogP contribution in [-0.4, -0.2) is 37.4 Å². The molecule has 2 N–H and O–H groups in total. The Hall–Kier alpha value is -3.42. The first-order chi connectivity index (χ1) is 12.1. The predicted octanol–water partition coefficient (Wildman–Crippen LogP) is 1.95. The van der Waals surface area contributed by atoms with E-state index in [2.05, 4.69) is 20.4 Å². The lowest BCUT2D eigenvalue weighted by molar-refractivity contribution is -0.139. The molecule has 0 fully saturated rings. The van der Waals surface area contributed by atoms with Gasteiger partial charge in [-0.1, -0.05) is 18.2 Å². The van der Waals surface area contributed by atoms with Gasteiger partial charge in [0.1, 0.15) is 5.75 Å². The summed E-state index contributed by atoms with van der Waals surface area (Å²) in [4.78, 5) is 19.4. The lowest BCUT2D eigenvalue weighted by Crippen LogP contribution is -2.12. The van der Waals surface area contributed by atoms with E-state index in [0.29, 0.717) is 18.2 Å². The topological polar surface area (TPSA) is 102 Å². The summed E-state index contributed by atoms with van der Waals surface area (Å²) >= 11 is 0. The highest BCUT2D eigenvalue weighted by Crippen LogP contribution is 2.20. The fraction of sp³-hybridized carbons (Fsp3) is 0.176. The second-order valence-corrected chi connectivity index (χ2v) is 5.25. The van der Waals surface area contributed by atoms with Gasteiger partial charge in [-0.15, -0.1) is 0 Å². The second-order valence-electron chi connectivity index (χ2n) is 5.25. The van der Waals surface area contributed by atoms with Crippen LogP contribution in [0.15, 0.2) is 48.8 Å². The van der Waals surface area contributed by atoms with Gasteiger partial charge in [-0.2, -0.15) is 5.10 Å². The van der Waals surface area contributed by atoms with E-state index >= 15 is 0 Å². The number of benzene rings is 1. The average Bonchev–Trinajstić information content (AvgIpc) is 3.05. The number of aliphatic carboxylic acids is 1. The monoisotopic (exact) mass is 339 g/mol. The SMILES string of the molecule is Cn1nccc1-c1ccnc(NCc2ccccc2OCC(=O)O)n1. The molecule has 8 nitrogen and oxygen atoms in total. The van der Waals surface area contributed by atoms with Crippen molar-refractivity contribution in [1.82, 2.24) is 19.7 Å². The molecule has 8 heteroatoms. The van der Waals surface area contributed by atoms with Crippen LogP contribution in [0.3, 0.4) is 0 Å². The summed E-state index contributed by atoms with van der Waals surface area (Å²) in [7, 11) is 1.85. The number of hydrogen-bond donors (Lipinski definition) is 2. The predicted molar refractivity (Wildman–Crippen MR) is 91.1 cm³/mol. The highest BCUT2D eigenvalue weighted by atomic mass is 16.5. The zero-order valence-electron chi connectivity index (χ0n) is 13.6. The Morgan fingerprint density at radius 2 is 2.08 bits per heavy atom. The maximum Gasteiger partial charge on any atom is 0.341 e. The summed E-state index contributed by atoms with van der Waals surface area (Å²) in [5.74, 6) is -0.0399. The minimum absolute atomic E-state index is 0.385. The van der Waals surface area contributed by atoms with E-state index in [1.807, 2.05) is 31.3 Å². The zero-order chi connectivity index (χ0) is 17.6. The van der Waals surface area contributed by atoms with Crippen molar-refractivity contribution < 1.29 is 14.6 Å². The van der Waals surface area contributed by atoms with Crippen LogP contribution in [0.2, 0.25) is 0 Å². The Morgan fingerprint density at radius 3 is 2.84 bits per heavy atom. The highest BCUT2D eigenvalue weighted by molar-refractivity contribution is 5.68. The third-order valence-corrected chi connectivity index (χ3v) is 3.50. The Labute approximate surface area is 144 Å². The molecule has 1 aromatic carbocycles. The quantitative estimate of drug-likeness (QED) is 0.678. The van der Waals surface area contributed by atoms with Crippen molar-refractivity contribution in [2.75, 3.05) is 11.9 Å². The second kappa shape index (κ2) is 7.43. The lowest BCUT2D eigenvalue weighted by atomic mass is 10.2. The normalized spacial score (nSPS) is 10.4. The van der Waals surface area contributed by atoms with E-state index in [-0.39, 0.29) is 6.61 Å². The Kier molecular flexibility index (Phi) is 4.89. The Bertz CT molecular complexity index is 878. The molecule has 0 aliphatic heterocycles. The van der Waals surface area contributed by atoms with Gasteiger partial charge in [0.05, 0.1) is 11.4 Å². The van der Waals surface area contributed by atoms with Crippen LogP contribution in [0.1, 0.15) is 5.56 Å². The van der Waals surface area contributed by atoms with Gasteiger partial charge in [0.2, 0.25) is 5.95 Å². The van der Waals surface area contributed by atoms with Crippen molar-refractivity contribution in [2.45, 2.75) is 6.54 Å². The van der Waals surface area contributed by atoms with E-state index in [4.69, 9.17) is 9.84 Å². The number of nitrogens with one attached hydrogen (secondary N) is 1. The van der Waals surface area contributed by atoms with E-state index in [0.717, 1.165) is 17.0 Å². The summed E-state index contributed by atoms with van der Waals surface area (Å²) in [5, 5.41) is 16.0. The summed E-state index contributed by atoms with van der Waals surface area (Å²) in [6, 6.07) is 10.9. The molecule has 3 aromatic rings. The molecular weight excluding hydrogens is 322 g/mol. The molecular formula is C17H17N5O3. The van der Waals surface area contributed by atoms with E-state index in [1.54, 1.807) is 29.2 Å². The molecule has 0 radical (unpaired) electrons. The van der Waals surface area contributed by atoms with Crippen molar-refractivity contribution in [3.63, 3.8) is 0 Å². The van der Waals surface area contributed by atoms with Gasteiger partial charge in [-0.25, -0.2) is 14.8 Å². The number of rotatable bonds is 7. The summed E-state index contributed by atoms with van der Waals surface area (Å²) in [5.41, 5.74) is 2.46. The smallest absolute Gasteiger partial charge is 0.341 e. The van der Waals surface area contributed by atoms with E-state index in [1.165, 1.54) is 0 Å². The number of aromatic nitrogens is 4. The largest absolute Gasteiger partial charge is 0.482 e. The van der Waals surface area contributed by atoms with Gasteiger partial charge >= 0.3 is 5.97 Å². The molecule has 0 amide bonds. The molecule has 0 aliphatic rings. The van der Waals surface area contributed by atoms with Crippen LogP contribution >= 0.6 is 0 Å². The fourth-order valence-electron chi connectivity index (χ4n) is 2.32. The average molecular weight is 339 g/mol. The van der Waals surface area contributed by atoms with Crippen molar-refractivity contribution in [3.05, 3.63) is 54.4 Å². The number of para-hydroxylation sites is 1. The Morgan fingerprint density at radius 1 is 1.24 bits per heavy atom. The van der Waals surface area contributed by atoms with Crippen molar-refractivity contribution in [2.24, 2.45) is 7.05 Å². The minimum Gasteiger partial charge on any atom is -0.482 e. The highest BCUT2D eigenvalue weighted by Gasteiger charge is 2.08. The number of carboxylic acid groups (broad SMARTS) is 1. The molecule has 0 atom stereocenters. The Balaban J connectivity index is 1.72. The van der Waals surface area contributed by atoms with Crippen molar-refractivity contribution in [3.8, 4) is 17.1 Å². The van der Waals surface area contributed by atoms with Crippen molar-refractivity contribution in [1.29, 1.82) is 0 Å². The molecule has 128 valence electrons. The molecule has 0 unspecified atom stereocenters. The van der Waals surface area contributed by atoms with Gasteiger partial charge in [-0.05, 0) is 18.2 Å². The maximum atomic E-state index is 10.7. The van der Waals surface area contributed by atoms with Crippen LogP contribution in [0.5, 0.6) is 5.75 Å². The van der Waals surface area contributed by atoms with Gasteiger partial charge in [0, 0.05) is 31.5 Å². The number of anilines is 1. The first-order valence-corrected chi connectivity index (χ1v) is 7.61. The van der Waals surface area contributed by atoms with Gasteiger partial charge in [0.25, 0.3) is 0 Å². The van der Waals surface area contributed by atoms with Crippen LogP contribution in [0.25, 0.3) is 11.4 Å². The lowest BCUT2D eigenvalue weighted by Gasteiger charge is -2.11. The third-order valence-electron chi connectivity index (χ3n) is 3.50. The van der Waals surface area contributed by atoms with Gasteiger partial charge < -0.3 is 15.2 Å². The third kappa shape index (κ3) is 4.11. The fourth-order valence-corrected chi connectivity index (χ4v) is 2.32. The molecule has 0 saturated carbocycles. The number of ether oxygens (including phenoxy) is 1. The van der Waals surface area contributed by atoms with Gasteiger partial charge in [-0.3, -0.25) is 4.68 Å². The first-order valence-electron chi connectivity index (χ1n) is 7.61. The molecule has 0 aliphatic carbocycles. The maximum absolute atomic E-state index is 10.7. The molecule has 3 rings (SSSR count). The number of aryl methyl sites for hydroxylation is 1. The summed E-state index contributed by atoms with van der Waals surface area (Å²) < 4.78 is 7.03. The number of carbonyl (C=O) groups is 1. The minimum atomic E-state index is -1.02. The zero-order valence-corrected chi connectivity index (χ0v) is 13.6. The molecule has 25 heavy (non-hydrogen) atoms.